The fraction of sp³-hybridized carbons (Fsp3) is 0.118. The quantitative estimate of drug-likeness (QED) is 0.560. The molecule has 0 atom stereocenters. The van der Waals surface area contributed by atoms with Gasteiger partial charge in [-0.25, -0.2) is 4.98 Å². The highest BCUT2D eigenvalue weighted by atomic mass is 32.2. The van der Waals surface area contributed by atoms with Gasteiger partial charge in [0.25, 0.3) is 11.8 Å². The van der Waals surface area contributed by atoms with Crippen LogP contribution in [0.15, 0.2) is 53.9 Å². The van der Waals surface area contributed by atoms with E-state index in [1.54, 1.807) is 36.7 Å². The second-order valence-electron chi connectivity index (χ2n) is 5.36. The van der Waals surface area contributed by atoms with E-state index in [1.807, 2.05) is 12.1 Å². The van der Waals surface area contributed by atoms with Crippen molar-refractivity contribution in [3.8, 4) is 11.4 Å². The van der Waals surface area contributed by atoms with Crippen molar-refractivity contribution in [2.45, 2.75) is 5.16 Å². The summed E-state index contributed by atoms with van der Waals surface area (Å²) in [6.45, 7) is 0.316. The minimum absolute atomic E-state index is 0.242. The highest BCUT2D eigenvalue weighted by molar-refractivity contribution is 7.99. The van der Waals surface area contributed by atoms with E-state index < -0.39 is 0 Å². The summed E-state index contributed by atoms with van der Waals surface area (Å²) in [4.78, 5) is 34.2. The number of fused-ring (bicyclic) bond motifs is 1. The van der Waals surface area contributed by atoms with Gasteiger partial charge in [-0.2, -0.15) is 0 Å². The highest BCUT2D eigenvalue weighted by Crippen LogP contribution is 2.24. The average Bonchev–Trinajstić information content (AvgIpc) is 3.22. The molecule has 0 bridgehead atoms. The number of thioether (sulfide) groups is 1. The Morgan fingerprint density at radius 2 is 1.68 bits per heavy atom. The predicted octanol–water partition coefficient (Wildman–Crippen LogP) is 2.25. The number of nitrogens with one attached hydrogen (secondary N) is 1. The van der Waals surface area contributed by atoms with E-state index in [2.05, 4.69) is 20.2 Å². The van der Waals surface area contributed by atoms with Crippen LogP contribution in [0.5, 0.6) is 0 Å². The van der Waals surface area contributed by atoms with Crippen molar-refractivity contribution in [1.82, 2.24) is 25.1 Å². The molecule has 0 unspecified atom stereocenters. The van der Waals surface area contributed by atoms with E-state index in [-0.39, 0.29) is 11.8 Å². The zero-order valence-electron chi connectivity index (χ0n) is 13.0. The van der Waals surface area contributed by atoms with Gasteiger partial charge >= 0.3 is 0 Å². The number of rotatable bonds is 5. The van der Waals surface area contributed by atoms with Gasteiger partial charge in [0.05, 0.1) is 11.1 Å². The third-order valence-electron chi connectivity index (χ3n) is 3.84. The molecule has 1 aromatic carbocycles. The number of aromatic amines is 1. The molecule has 0 saturated heterocycles. The van der Waals surface area contributed by atoms with Gasteiger partial charge in [0.1, 0.15) is 0 Å². The number of pyridine rings is 1. The van der Waals surface area contributed by atoms with Gasteiger partial charge < -0.3 is 0 Å². The van der Waals surface area contributed by atoms with Crippen molar-refractivity contribution < 1.29 is 9.59 Å². The van der Waals surface area contributed by atoms with E-state index in [0.29, 0.717) is 34.4 Å². The number of imide groups is 1. The summed E-state index contributed by atoms with van der Waals surface area (Å²) >= 11 is 1.39. The maximum atomic E-state index is 12.3. The van der Waals surface area contributed by atoms with Crippen molar-refractivity contribution in [1.29, 1.82) is 0 Å². The number of H-pyrrole nitrogens is 1. The van der Waals surface area contributed by atoms with Gasteiger partial charge in [-0.3, -0.25) is 24.6 Å². The minimum Gasteiger partial charge on any atom is -0.273 e. The molecule has 3 heterocycles. The molecule has 0 radical (unpaired) electrons. The van der Waals surface area contributed by atoms with Crippen LogP contribution in [0.4, 0.5) is 0 Å². The number of carbonyl (C=O) groups excluding carboxylic acids is 2. The minimum atomic E-state index is -0.242. The Hall–Kier alpha value is -3.00. The molecule has 0 fully saturated rings. The van der Waals surface area contributed by atoms with E-state index >= 15 is 0 Å². The second kappa shape index (κ2) is 6.48. The summed E-state index contributed by atoms with van der Waals surface area (Å²) in [7, 11) is 0. The van der Waals surface area contributed by atoms with Crippen molar-refractivity contribution in [3.63, 3.8) is 0 Å². The van der Waals surface area contributed by atoms with E-state index in [4.69, 9.17) is 0 Å². The van der Waals surface area contributed by atoms with E-state index in [1.165, 1.54) is 16.7 Å². The topological polar surface area (TPSA) is 91.8 Å². The van der Waals surface area contributed by atoms with Gasteiger partial charge in [0.2, 0.25) is 5.16 Å². The normalized spacial score (nSPS) is 13.4. The molecule has 1 aliphatic rings. The first kappa shape index (κ1) is 15.5. The van der Waals surface area contributed by atoms with Gasteiger partial charge in [0, 0.05) is 30.3 Å². The molecular weight excluding hydrogens is 338 g/mol. The number of aromatic nitrogens is 4. The first-order valence-corrected chi connectivity index (χ1v) is 8.63. The first-order chi connectivity index (χ1) is 12.2. The van der Waals surface area contributed by atoms with Gasteiger partial charge in [-0.1, -0.05) is 23.9 Å². The van der Waals surface area contributed by atoms with Crippen LogP contribution in [0.1, 0.15) is 20.7 Å². The molecule has 25 heavy (non-hydrogen) atoms. The van der Waals surface area contributed by atoms with Crippen LogP contribution >= 0.6 is 11.8 Å². The SMILES string of the molecule is O=C1c2ccccc2C(=O)N1CCSc1n[nH]c(-c2ccncc2)n1. The van der Waals surface area contributed by atoms with Crippen LogP contribution in [0.2, 0.25) is 0 Å². The largest absolute Gasteiger partial charge is 0.273 e. The summed E-state index contributed by atoms with van der Waals surface area (Å²) < 4.78 is 0. The molecule has 124 valence electrons. The monoisotopic (exact) mass is 351 g/mol. The molecule has 0 saturated carbocycles. The Morgan fingerprint density at radius 3 is 2.36 bits per heavy atom. The van der Waals surface area contributed by atoms with Gasteiger partial charge in [-0.15, -0.1) is 5.10 Å². The number of carbonyl (C=O) groups is 2. The lowest BCUT2D eigenvalue weighted by Gasteiger charge is -2.12. The Labute approximate surface area is 147 Å². The molecule has 7 nitrogen and oxygen atoms in total. The molecule has 0 aliphatic carbocycles. The summed E-state index contributed by atoms with van der Waals surface area (Å²) in [6, 6.07) is 10.6. The third-order valence-corrected chi connectivity index (χ3v) is 4.67. The lowest BCUT2D eigenvalue weighted by atomic mass is 10.1. The van der Waals surface area contributed by atoms with Crippen LogP contribution < -0.4 is 0 Å². The number of hydrogen-bond donors (Lipinski definition) is 1. The lowest BCUT2D eigenvalue weighted by Crippen LogP contribution is -2.31. The molecule has 1 N–H and O–H groups in total. The molecule has 2 amide bonds. The predicted molar refractivity (Wildman–Crippen MR) is 92.1 cm³/mol. The van der Waals surface area contributed by atoms with E-state index in [9.17, 15) is 9.59 Å². The molecular formula is C17H13N5O2S. The smallest absolute Gasteiger partial charge is 0.261 e. The second-order valence-corrected chi connectivity index (χ2v) is 6.42. The van der Waals surface area contributed by atoms with Crippen LogP contribution in [0.3, 0.4) is 0 Å². The summed E-state index contributed by atoms with van der Waals surface area (Å²) in [6.07, 6.45) is 3.37. The Kier molecular flexibility index (Phi) is 4.02. The van der Waals surface area contributed by atoms with Crippen molar-refractivity contribution in [2.75, 3.05) is 12.3 Å². The maximum absolute atomic E-state index is 12.3. The zero-order chi connectivity index (χ0) is 17.2. The van der Waals surface area contributed by atoms with Crippen LogP contribution in [-0.2, 0) is 0 Å². The van der Waals surface area contributed by atoms with E-state index in [0.717, 1.165) is 5.56 Å². The molecule has 3 aromatic rings. The number of amides is 2. The standard InChI is InChI=1S/C17H13N5O2S/c23-15-12-3-1-2-4-13(12)16(24)22(15)9-10-25-17-19-14(20-21-17)11-5-7-18-8-6-11/h1-8H,9-10H2,(H,19,20,21). The number of benzene rings is 1. The molecule has 1 aliphatic heterocycles. The van der Waals surface area contributed by atoms with Gasteiger partial charge in [-0.05, 0) is 24.3 Å². The van der Waals surface area contributed by atoms with Crippen molar-refractivity contribution >= 4 is 23.6 Å². The molecule has 4 rings (SSSR count). The van der Waals surface area contributed by atoms with Crippen LogP contribution in [0.25, 0.3) is 11.4 Å². The highest BCUT2D eigenvalue weighted by Gasteiger charge is 2.34. The fourth-order valence-electron chi connectivity index (χ4n) is 2.62. The summed E-state index contributed by atoms with van der Waals surface area (Å²) in [5.41, 5.74) is 1.83. The molecule has 8 heteroatoms. The van der Waals surface area contributed by atoms with Gasteiger partial charge in [0.15, 0.2) is 5.82 Å². The van der Waals surface area contributed by atoms with Crippen molar-refractivity contribution in [3.05, 3.63) is 59.9 Å². The van der Waals surface area contributed by atoms with Crippen molar-refractivity contribution in [2.24, 2.45) is 0 Å². The fourth-order valence-corrected chi connectivity index (χ4v) is 3.34. The summed E-state index contributed by atoms with van der Waals surface area (Å²) in [5, 5.41) is 7.60. The Bertz CT molecular complexity index is 906. The number of nitrogens with zero attached hydrogens (tertiary/aromatic N) is 4. The zero-order valence-corrected chi connectivity index (χ0v) is 13.9. The Morgan fingerprint density at radius 1 is 1.00 bits per heavy atom. The van der Waals surface area contributed by atoms with Crippen LogP contribution in [0, 0.1) is 0 Å². The van der Waals surface area contributed by atoms with Crippen LogP contribution in [-0.4, -0.2) is 49.2 Å². The summed E-state index contributed by atoms with van der Waals surface area (Å²) in [5.74, 6) is 0.701. The Balaban J connectivity index is 1.39. The maximum Gasteiger partial charge on any atom is 0.261 e. The average molecular weight is 351 g/mol. The first-order valence-electron chi connectivity index (χ1n) is 7.65. The lowest BCUT2D eigenvalue weighted by molar-refractivity contribution is 0.0664. The number of hydrogen-bond acceptors (Lipinski definition) is 6. The molecule has 2 aromatic heterocycles. The molecule has 0 spiro atoms. The third kappa shape index (κ3) is 2.91.